The van der Waals surface area contributed by atoms with Crippen molar-refractivity contribution in [1.29, 1.82) is 0 Å². The van der Waals surface area contributed by atoms with E-state index >= 15 is 0 Å². The molecule has 2 aromatic carbocycles. The van der Waals surface area contributed by atoms with Crippen LogP contribution in [0.1, 0.15) is 49.6 Å². The fourth-order valence-corrected chi connectivity index (χ4v) is 5.67. The van der Waals surface area contributed by atoms with Crippen molar-refractivity contribution in [3.63, 3.8) is 0 Å². The van der Waals surface area contributed by atoms with Gasteiger partial charge in [-0.3, -0.25) is 4.57 Å². The van der Waals surface area contributed by atoms with E-state index < -0.39 is 21.6 Å². The highest BCUT2D eigenvalue weighted by molar-refractivity contribution is 7.90. The fraction of sp³-hybridized carbons (Fsp3) is 0.357. The van der Waals surface area contributed by atoms with Crippen molar-refractivity contribution in [2.45, 2.75) is 39.7 Å². The number of ether oxygens (including phenoxy) is 2. The number of nitrogens with one attached hydrogen (secondary N) is 1. The smallest absolute Gasteiger partial charge is 0.327 e. The van der Waals surface area contributed by atoms with Crippen LogP contribution in [0.3, 0.4) is 0 Å². The number of fused-ring (bicyclic) bond motifs is 1. The predicted molar refractivity (Wildman–Crippen MR) is 147 cm³/mol. The maximum atomic E-state index is 13.4. The average Bonchev–Trinajstić information content (AvgIpc) is 3.19. The second kappa shape index (κ2) is 10.4. The van der Waals surface area contributed by atoms with Crippen molar-refractivity contribution in [1.82, 2.24) is 14.5 Å². The lowest BCUT2D eigenvalue weighted by Crippen LogP contribution is -2.29. The number of H-pyrrole nitrogens is 1. The third-order valence-electron chi connectivity index (χ3n) is 6.49. The fourth-order valence-electron chi connectivity index (χ4n) is 4.78. The summed E-state index contributed by atoms with van der Waals surface area (Å²) in [6.07, 6.45) is 1.15. The van der Waals surface area contributed by atoms with E-state index in [0.29, 0.717) is 35.0 Å². The first kappa shape index (κ1) is 26.5. The summed E-state index contributed by atoms with van der Waals surface area (Å²) in [7, 11) is -1.98. The second-order valence-corrected chi connectivity index (χ2v) is 11.6. The summed E-state index contributed by atoms with van der Waals surface area (Å²) in [5.41, 5.74) is 5.52. The third-order valence-corrected chi connectivity index (χ3v) is 7.41. The van der Waals surface area contributed by atoms with Crippen molar-refractivity contribution in [3.05, 3.63) is 75.8 Å². The lowest BCUT2D eigenvalue weighted by Gasteiger charge is -2.20. The predicted octanol–water partition coefficient (Wildman–Crippen LogP) is 4.86. The Labute approximate surface area is 217 Å². The first-order valence-electron chi connectivity index (χ1n) is 12.2. The van der Waals surface area contributed by atoms with Crippen molar-refractivity contribution in [2.24, 2.45) is 0 Å². The highest BCUT2D eigenvalue weighted by Crippen LogP contribution is 2.35. The molecule has 8 nitrogen and oxygen atoms in total. The Balaban J connectivity index is 1.94. The lowest BCUT2D eigenvalue weighted by molar-refractivity contribution is 0.296. The summed E-state index contributed by atoms with van der Waals surface area (Å²) in [4.78, 5) is 20.9. The number of benzene rings is 2. The van der Waals surface area contributed by atoms with E-state index in [-0.39, 0.29) is 11.6 Å². The summed E-state index contributed by atoms with van der Waals surface area (Å²) in [6.45, 7) is 8.46. The van der Waals surface area contributed by atoms with Gasteiger partial charge in [0.05, 0.1) is 42.2 Å². The Bertz CT molecular complexity index is 1600. The molecule has 1 N–H and O–H groups in total. The first-order chi connectivity index (χ1) is 17.6. The Morgan fingerprint density at radius 1 is 1.05 bits per heavy atom. The third kappa shape index (κ3) is 5.27. The van der Waals surface area contributed by atoms with E-state index in [1.807, 2.05) is 38.1 Å². The Kier molecular flexibility index (Phi) is 7.45. The minimum atomic E-state index is -3.49. The van der Waals surface area contributed by atoms with Gasteiger partial charge in [0.15, 0.2) is 5.75 Å². The zero-order valence-corrected chi connectivity index (χ0v) is 22.8. The second-order valence-electron chi connectivity index (χ2n) is 9.46. The van der Waals surface area contributed by atoms with Gasteiger partial charge in [-0.25, -0.2) is 18.2 Å². The molecular weight excluding hydrogens is 490 g/mol. The maximum Gasteiger partial charge on any atom is 0.327 e. The number of pyridine rings is 1. The number of hydrogen-bond donors (Lipinski definition) is 1. The van der Waals surface area contributed by atoms with Gasteiger partial charge in [-0.2, -0.15) is 0 Å². The molecule has 2 heterocycles. The van der Waals surface area contributed by atoms with Gasteiger partial charge in [0.1, 0.15) is 9.84 Å². The maximum absolute atomic E-state index is 13.4. The summed E-state index contributed by atoms with van der Waals surface area (Å²) in [6, 6.07) is 14.6. The molecule has 1 atom stereocenters. The number of aromatic amines is 1. The molecule has 0 aliphatic rings. The molecule has 0 radical (unpaired) electrons. The van der Waals surface area contributed by atoms with E-state index in [0.717, 1.165) is 22.9 Å². The topological polar surface area (TPSA) is 103 Å². The summed E-state index contributed by atoms with van der Waals surface area (Å²) >= 11 is 0. The molecule has 9 heteroatoms. The molecule has 0 saturated carbocycles. The SMILES string of the molecule is CCOc1nc(C(CS(C)(=O)=O)n2c(=O)[nH]c3c(C)c(-c4ccccc4C(C)C)ccc32)ccc1OC. The highest BCUT2D eigenvalue weighted by atomic mass is 32.2. The van der Waals surface area contributed by atoms with E-state index in [1.54, 1.807) is 12.1 Å². The van der Waals surface area contributed by atoms with Gasteiger partial charge in [-0.05, 0) is 60.2 Å². The van der Waals surface area contributed by atoms with E-state index in [2.05, 4.69) is 35.9 Å². The van der Waals surface area contributed by atoms with Crippen LogP contribution in [-0.4, -0.2) is 48.7 Å². The van der Waals surface area contributed by atoms with Crippen LogP contribution in [-0.2, 0) is 9.84 Å². The van der Waals surface area contributed by atoms with Gasteiger partial charge in [0.25, 0.3) is 5.88 Å². The average molecular weight is 524 g/mol. The van der Waals surface area contributed by atoms with Crippen LogP contribution in [0, 0.1) is 6.92 Å². The molecule has 1 unspecified atom stereocenters. The van der Waals surface area contributed by atoms with Crippen molar-refractivity contribution in [2.75, 3.05) is 25.7 Å². The minimum absolute atomic E-state index is 0.248. The van der Waals surface area contributed by atoms with Crippen molar-refractivity contribution < 1.29 is 17.9 Å². The monoisotopic (exact) mass is 523 g/mol. The normalized spacial score (nSPS) is 12.7. The van der Waals surface area contributed by atoms with E-state index in [4.69, 9.17) is 9.47 Å². The van der Waals surface area contributed by atoms with E-state index in [9.17, 15) is 13.2 Å². The van der Waals surface area contributed by atoms with Crippen LogP contribution in [0.25, 0.3) is 22.2 Å². The lowest BCUT2D eigenvalue weighted by atomic mass is 9.90. The Morgan fingerprint density at radius 3 is 2.43 bits per heavy atom. The number of imidazole rings is 1. The molecule has 0 bridgehead atoms. The Morgan fingerprint density at radius 2 is 1.78 bits per heavy atom. The zero-order valence-electron chi connectivity index (χ0n) is 22.0. The molecule has 0 fully saturated rings. The van der Waals surface area contributed by atoms with Gasteiger partial charge in [-0.1, -0.05) is 44.2 Å². The van der Waals surface area contributed by atoms with Crippen LogP contribution in [0.2, 0.25) is 0 Å². The zero-order chi connectivity index (χ0) is 26.9. The highest BCUT2D eigenvalue weighted by Gasteiger charge is 2.27. The van der Waals surface area contributed by atoms with Crippen LogP contribution >= 0.6 is 0 Å². The first-order valence-corrected chi connectivity index (χ1v) is 14.3. The van der Waals surface area contributed by atoms with Crippen molar-refractivity contribution >= 4 is 20.9 Å². The molecular formula is C28H33N3O5S. The molecule has 4 rings (SSSR count). The van der Waals surface area contributed by atoms with E-state index in [1.165, 1.54) is 17.2 Å². The van der Waals surface area contributed by atoms with Gasteiger partial charge < -0.3 is 14.5 Å². The molecule has 37 heavy (non-hydrogen) atoms. The Hall–Kier alpha value is -3.59. The van der Waals surface area contributed by atoms with Gasteiger partial charge in [0, 0.05) is 6.26 Å². The quantitative estimate of drug-likeness (QED) is 0.336. The molecule has 0 aliphatic carbocycles. The van der Waals surface area contributed by atoms with Gasteiger partial charge in [0.2, 0.25) is 0 Å². The number of methoxy groups -OCH3 is 1. The van der Waals surface area contributed by atoms with Gasteiger partial charge >= 0.3 is 5.69 Å². The molecule has 0 amide bonds. The molecule has 196 valence electrons. The number of aryl methyl sites for hydroxylation is 1. The number of rotatable bonds is 9. The molecule has 2 aromatic heterocycles. The van der Waals surface area contributed by atoms with Crippen molar-refractivity contribution in [3.8, 4) is 22.8 Å². The van der Waals surface area contributed by atoms with Gasteiger partial charge in [-0.15, -0.1) is 0 Å². The van der Waals surface area contributed by atoms with Crippen LogP contribution < -0.4 is 15.2 Å². The standard InChI is InChI=1S/C28H33N3O5S/c1-7-36-27-25(35-5)15-13-22(29-27)24(16-37(6,33)34)31-23-14-12-20(18(4)26(23)30-28(31)32)21-11-9-8-10-19(21)17(2)3/h8-15,17,24H,7,16H2,1-6H3,(H,30,32). The summed E-state index contributed by atoms with van der Waals surface area (Å²) < 4.78 is 37.4. The summed E-state index contributed by atoms with van der Waals surface area (Å²) in [5, 5.41) is 0. The molecule has 0 saturated heterocycles. The molecule has 0 spiro atoms. The number of nitrogens with zero attached hydrogens (tertiary/aromatic N) is 2. The van der Waals surface area contributed by atoms with Crippen LogP contribution in [0.5, 0.6) is 11.6 Å². The number of sulfone groups is 1. The number of hydrogen-bond acceptors (Lipinski definition) is 6. The molecule has 0 aliphatic heterocycles. The van der Waals surface area contributed by atoms with Crippen LogP contribution in [0.4, 0.5) is 0 Å². The number of aromatic nitrogens is 3. The van der Waals surface area contributed by atoms with Crippen LogP contribution in [0.15, 0.2) is 53.3 Å². The largest absolute Gasteiger partial charge is 0.491 e. The summed E-state index contributed by atoms with van der Waals surface area (Å²) in [5.74, 6) is 0.702. The minimum Gasteiger partial charge on any atom is -0.491 e. The molecule has 4 aromatic rings.